The molecule has 0 amide bonds. The maximum Gasteiger partial charge on any atom is 0.226 e. The lowest BCUT2D eigenvalue weighted by molar-refractivity contribution is 0.569. The SMILES string of the molecule is CCC1CCN(c2nc(Cl)nc3nc[nH]c23)C1. The molecule has 1 aliphatic rings. The number of aromatic nitrogens is 4. The Bertz CT molecular complexity index is 538. The van der Waals surface area contributed by atoms with Gasteiger partial charge in [0.25, 0.3) is 0 Å². The molecule has 90 valence electrons. The van der Waals surface area contributed by atoms with E-state index in [-0.39, 0.29) is 5.28 Å². The van der Waals surface area contributed by atoms with Crippen molar-refractivity contribution in [2.75, 3.05) is 18.0 Å². The van der Waals surface area contributed by atoms with Gasteiger partial charge in [0.15, 0.2) is 11.5 Å². The Morgan fingerprint density at radius 3 is 3.18 bits per heavy atom. The minimum absolute atomic E-state index is 0.263. The van der Waals surface area contributed by atoms with E-state index in [1.54, 1.807) is 6.33 Å². The fraction of sp³-hybridized carbons (Fsp3) is 0.545. The molecule has 3 heterocycles. The van der Waals surface area contributed by atoms with Crippen LogP contribution in [0.3, 0.4) is 0 Å². The molecule has 3 rings (SSSR count). The van der Waals surface area contributed by atoms with E-state index in [2.05, 4.69) is 31.8 Å². The van der Waals surface area contributed by atoms with Crippen molar-refractivity contribution in [2.24, 2.45) is 5.92 Å². The minimum Gasteiger partial charge on any atom is -0.354 e. The number of imidazole rings is 1. The Balaban J connectivity index is 2.02. The lowest BCUT2D eigenvalue weighted by Crippen LogP contribution is -2.21. The normalized spacial score (nSPS) is 20.4. The average Bonchev–Trinajstić information content (AvgIpc) is 2.95. The van der Waals surface area contributed by atoms with Crippen molar-refractivity contribution in [1.29, 1.82) is 0 Å². The van der Waals surface area contributed by atoms with Crippen molar-refractivity contribution in [3.8, 4) is 0 Å². The van der Waals surface area contributed by atoms with Crippen LogP contribution in [0.5, 0.6) is 0 Å². The minimum atomic E-state index is 0.263. The highest BCUT2D eigenvalue weighted by Crippen LogP contribution is 2.28. The van der Waals surface area contributed by atoms with Gasteiger partial charge in [0.05, 0.1) is 6.33 Å². The van der Waals surface area contributed by atoms with Gasteiger partial charge < -0.3 is 9.88 Å². The van der Waals surface area contributed by atoms with Crippen molar-refractivity contribution in [2.45, 2.75) is 19.8 Å². The van der Waals surface area contributed by atoms with Crippen molar-refractivity contribution in [1.82, 2.24) is 19.9 Å². The zero-order valence-electron chi connectivity index (χ0n) is 9.65. The number of fused-ring (bicyclic) bond motifs is 1. The average molecular weight is 252 g/mol. The standard InChI is InChI=1S/C11H14ClN5/c1-2-7-3-4-17(5-7)10-8-9(14-6-13-8)15-11(12)16-10/h6-7H,2-5H2,1H3,(H,13,14,15,16). The molecule has 0 spiro atoms. The van der Waals surface area contributed by atoms with Crippen molar-refractivity contribution >= 4 is 28.6 Å². The molecule has 1 aliphatic heterocycles. The van der Waals surface area contributed by atoms with Crippen LogP contribution in [-0.4, -0.2) is 33.0 Å². The number of anilines is 1. The van der Waals surface area contributed by atoms with E-state index in [4.69, 9.17) is 11.6 Å². The Hall–Kier alpha value is -1.36. The predicted octanol–water partition coefficient (Wildman–Crippen LogP) is 2.24. The van der Waals surface area contributed by atoms with Gasteiger partial charge in [-0.2, -0.15) is 9.97 Å². The van der Waals surface area contributed by atoms with Crippen molar-refractivity contribution < 1.29 is 0 Å². The summed E-state index contributed by atoms with van der Waals surface area (Å²) in [6.45, 7) is 4.30. The van der Waals surface area contributed by atoms with E-state index in [1.807, 2.05) is 0 Å². The summed E-state index contributed by atoms with van der Waals surface area (Å²) in [5, 5.41) is 0.263. The van der Waals surface area contributed by atoms with Crippen LogP contribution in [0.25, 0.3) is 11.2 Å². The molecule has 0 radical (unpaired) electrons. The number of nitrogens with zero attached hydrogens (tertiary/aromatic N) is 4. The van der Waals surface area contributed by atoms with E-state index < -0.39 is 0 Å². The van der Waals surface area contributed by atoms with E-state index in [9.17, 15) is 0 Å². The zero-order chi connectivity index (χ0) is 11.8. The smallest absolute Gasteiger partial charge is 0.226 e. The maximum atomic E-state index is 5.93. The molecule has 0 saturated carbocycles. The van der Waals surface area contributed by atoms with Crippen LogP contribution in [0.4, 0.5) is 5.82 Å². The number of halogens is 1. The van der Waals surface area contributed by atoms with Gasteiger partial charge in [-0.15, -0.1) is 0 Å². The van der Waals surface area contributed by atoms with Crippen LogP contribution in [0.15, 0.2) is 6.33 Å². The van der Waals surface area contributed by atoms with Crippen molar-refractivity contribution in [3.63, 3.8) is 0 Å². The topological polar surface area (TPSA) is 57.7 Å². The first-order valence-corrected chi connectivity index (χ1v) is 6.27. The quantitative estimate of drug-likeness (QED) is 0.832. The van der Waals surface area contributed by atoms with E-state index in [0.717, 1.165) is 30.3 Å². The Morgan fingerprint density at radius 2 is 2.41 bits per heavy atom. The van der Waals surface area contributed by atoms with E-state index in [0.29, 0.717) is 5.65 Å². The maximum absolute atomic E-state index is 5.93. The fourth-order valence-corrected chi connectivity index (χ4v) is 2.54. The van der Waals surface area contributed by atoms with Crippen LogP contribution in [0.1, 0.15) is 19.8 Å². The van der Waals surface area contributed by atoms with Crippen molar-refractivity contribution in [3.05, 3.63) is 11.6 Å². The number of H-pyrrole nitrogens is 1. The van der Waals surface area contributed by atoms with Crippen LogP contribution in [0, 0.1) is 5.92 Å². The van der Waals surface area contributed by atoms with Gasteiger partial charge in [-0.1, -0.05) is 13.3 Å². The lowest BCUT2D eigenvalue weighted by Gasteiger charge is -2.17. The first-order valence-electron chi connectivity index (χ1n) is 5.89. The second-order valence-corrected chi connectivity index (χ2v) is 4.76. The highest BCUT2D eigenvalue weighted by molar-refractivity contribution is 6.28. The largest absolute Gasteiger partial charge is 0.354 e. The number of hydrogen-bond acceptors (Lipinski definition) is 4. The molecule has 1 N–H and O–H groups in total. The molecular weight excluding hydrogens is 238 g/mol. The molecule has 1 unspecified atom stereocenters. The summed E-state index contributed by atoms with van der Waals surface area (Å²) < 4.78 is 0. The first-order chi connectivity index (χ1) is 8.28. The molecule has 2 aromatic rings. The second-order valence-electron chi connectivity index (χ2n) is 4.43. The van der Waals surface area contributed by atoms with Crippen LogP contribution in [-0.2, 0) is 0 Å². The summed E-state index contributed by atoms with van der Waals surface area (Å²) in [4.78, 5) is 17.9. The van der Waals surface area contributed by atoms with Gasteiger partial charge in [-0.3, -0.25) is 0 Å². The molecule has 0 aliphatic carbocycles. The first kappa shape index (κ1) is 10.8. The van der Waals surface area contributed by atoms with Gasteiger partial charge in [0, 0.05) is 13.1 Å². The molecule has 6 heteroatoms. The monoisotopic (exact) mass is 251 g/mol. The molecule has 2 aromatic heterocycles. The third-order valence-electron chi connectivity index (χ3n) is 3.40. The molecule has 1 saturated heterocycles. The summed E-state index contributed by atoms with van der Waals surface area (Å²) in [5.41, 5.74) is 1.52. The highest BCUT2D eigenvalue weighted by atomic mass is 35.5. The second kappa shape index (κ2) is 4.14. The van der Waals surface area contributed by atoms with Gasteiger partial charge in [-0.25, -0.2) is 4.98 Å². The molecule has 17 heavy (non-hydrogen) atoms. The predicted molar refractivity (Wildman–Crippen MR) is 67.3 cm³/mol. The summed E-state index contributed by atoms with van der Waals surface area (Å²) in [6, 6.07) is 0. The van der Waals surface area contributed by atoms with E-state index in [1.165, 1.54) is 12.8 Å². The number of nitrogens with one attached hydrogen (secondary N) is 1. The van der Waals surface area contributed by atoms with Crippen LogP contribution in [0.2, 0.25) is 5.28 Å². The summed E-state index contributed by atoms with van der Waals surface area (Å²) >= 11 is 5.93. The zero-order valence-corrected chi connectivity index (χ0v) is 10.4. The lowest BCUT2D eigenvalue weighted by atomic mass is 10.1. The molecule has 1 fully saturated rings. The van der Waals surface area contributed by atoms with Crippen LogP contribution >= 0.6 is 11.6 Å². The van der Waals surface area contributed by atoms with Gasteiger partial charge in [-0.05, 0) is 23.9 Å². The summed E-state index contributed by atoms with van der Waals surface area (Å²) in [6.07, 6.45) is 4.06. The summed E-state index contributed by atoms with van der Waals surface area (Å²) in [5.74, 6) is 1.63. The Labute approximate surface area is 104 Å². The van der Waals surface area contributed by atoms with E-state index >= 15 is 0 Å². The number of aromatic amines is 1. The van der Waals surface area contributed by atoms with Gasteiger partial charge in [0.1, 0.15) is 5.52 Å². The number of rotatable bonds is 2. The molecule has 0 bridgehead atoms. The molecular formula is C11H14ClN5. The Morgan fingerprint density at radius 1 is 1.53 bits per heavy atom. The highest BCUT2D eigenvalue weighted by Gasteiger charge is 2.24. The van der Waals surface area contributed by atoms with Crippen LogP contribution < -0.4 is 4.90 Å². The fourth-order valence-electron chi connectivity index (χ4n) is 2.38. The molecule has 1 atom stereocenters. The third-order valence-corrected chi connectivity index (χ3v) is 3.57. The third kappa shape index (κ3) is 1.84. The number of hydrogen-bond donors (Lipinski definition) is 1. The van der Waals surface area contributed by atoms with Gasteiger partial charge >= 0.3 is 0 Å². The molecule has 5 nitrogen and oxygen atoms in total. The summed E-state index contributed by atoms with van der Waals surface area (Å²) in [7, 11) is 0. The molecule has 0 aromatic carbocycles. The van der Waals surface area contributed by atoms with Gasteiger partial charge in [0.2, 0.25) is 5.28 Å². The Kier molecular flexibility index (Phi) is 2.63.